The van der Waals surface area contributed by atoms with Crippen molar-refractivity contribution in [1.29, 1.82) is 0 Å². The molecule has 0 bridgehead atoms. The summed E-state index contributed by atoms with van der Waals surface area (Å²) in [5, 5.41) is 3.21. The van der Waals surface area contributed by atoms with Crippen molar-refractivity contribution in [3.8, 4) is 0 Å². The van der Waals surface area contributed by atoms with Crippen molar-refractivity contribution in [2.45, 2.75) is 13.5 Å². The molecule has 0 radical (unpaired) electrons. The number of nitrogens with zero attached hydrogens (tertiary/aromatic N) is 2. The number of hydrogen-bond acceptors (Lipinski definition) is 5. The highest BCUT2D eigenvalue weighted by Gasteiger charge is 2.16. The topological polar surface area (TPSA) is 64.1 Å². The Hall–Kier alpha value is -1.47. The lowest BCUT2D eigenvalue weighted by molar-refractivity contribution is 0.0601. The van der Waals surface area contributed by atoms with Crippen LogP contribution in [0.15, 0.2) is 33.3 Å². The van der Waals surface area contributed by atoms with Crippen molar-refractivity contribution in [2.24, 2.45) is 0 Å². The molecule has 1 aromatic carbocycles. The van der Waals surface area contributed by atoms with Crippen molar-refractivity contribution < 1.29 is 9.53 Å². The quantitative estimate of drug-likeness (QED) is 0.772. The van der Waals surface area contributed by atoms with E-state index >= 15 is 0 Å². The zero-order valence-electron chi connectivity index (χ0n) is 11.5. The number of ether oxygens (including phenoxy) is 1. The molecule has 1 heterocycles. The minimum absolute atomic E-state index is 0.404. The van der Waals surface area contributed by atoms with Crippen molar-refractivity contribution in [3.63, 3.8) is 0 Å². The molecule has 1 N–H and O–H groups in total. The van der Waals surface area contributed by atoms with E-state index in [4.69, 9.17) is 4.74 Å². The third-order valence-electron chi connectivity index (χ3n) is 2.74. The van der Waals surface area contributed by atoms with Crippen LogP contribution in [-0.4, -0.2) is 23.0 Å². The molecule has 21 heavy (non-hydrogen) atoms. The molecule has 5 nitrogen and oxygen atoms in total. The van der Waals surface area contributed by atoms with Crippen LogP contribution in [-0.2, 0) is 11.3 Å². The maximum atomic E-state index is 11.9. The van der Waals surface area contributed by atoms with Gasteiger partial charge in [0.15, 0.2) is 0 Å². The Morgan fingerprint density at radius 2 is 2.14 bits per heavy atom. The Labute approximate surface area is 139 Å². The SMILES string of the molecule is COC(=O)c1cc(Br)cc(Br)c1NCc1ccnc(C)n1. The molecule has 7 heteroatoms. The number of anilines is 1. The van der Waals surface area contributed by atoms with E-state index in [1.54, 1.807) is 12.3 Å². The fourth-order valence-corrected chi connectivity index (χ4v) is 3.17. The first kappa shape index (κ1) is 15.9. The van der Waals surface area contributed by atoms with Crippen LogP contribution >= 0.6 is 31.9 Å². The highest BCUT2D eigenvalue weighted by molar-refractivity contribution is 9.11. The second kappa shape index (κ2) is 7.00. The number of carbonyl (C=O) groups is 1. The molecule has 0 saturated heterocycles. The number of methoxy groups -OCH3 is 1. The van der Waals surface area contributed by atoms with Gasteiger partial charge in [0.05, 0.1) is 30.6 Å². The number of nitrogens with one attached hydrogen (secondary N) is 1. The van der Waals surface area contributed by atoms with Gasteiger partial charge in [-0.3, -0.25) is 0 Å². The van der Waals surface area contributed by atoms with E-state index in [-0.39, 0.29) is 0 Å². The van der Waals surface area contributed by atoms with Crippen LogP contribution in [0.5, 0.6) is 0 Å². The largest absolute Gasteiger partial charge is 0.465 e. The van der Waals surface area contributed by atoms with E-state index in [0.29, 0.717) is 23.6 Å². The lowest BCUT2D eigenvalue weighted by Gasteiger charge is -2.13. The summed E-state index contributed by atoms with van der Waals surface area (Å²) in [5.74, 6) is 0.302. The van der Waals surface area contributed by atoms with Crippen molar-refractivity contribution >= 4 is 43.5 Å². The maximum Gasteiger partial charge on any atom is 0.340 e. The van der Waals surface area contributed by atoms with Gasteiger partial charge in [-0.05, 0) is 41.1 Å². The first-order chi connectivity index (χ1) is 10.0. The maximum absolute atomic E-state index is 11.9. The lowest BCUT2D eigenvalue weighted by atomic mass is 10.1. The standard InChI is InChI=1S/C14H13Br2N3O2/c1-8-17-4-3-10(19-8)7-18-13-11(14(20)21-2)5-9(15)6-12(13)16/h3-6,18H,7H2,1-2H3. The minimum atomic E-state index is -0.404. The minimum Gasteiger partial charge on any atom is -0.465 e. The summed E-state index contributed by atoms with van der Waals surface area (Å²) >= 11 is 6.81. The van der Waals surface area contributed by atoms with Gasteiger partial charge in [0, 0.05) is 15.1 Å². The third kappa shape index (κ3) is 4.01. The fourth-order valence-electron chi connectivity index (χ4n) is 1.81. The average molecular weight is 415 g/mol. The van der Waals surface area contributed by atoms with E-state index < -0.39 is 5.97 Å². The highest BCUT2D eigenvalue weighted by atomic mass is 79.9. The number of aryl methyl sites for hydroxylation is 1. The summed E-state index contributed by atoms with van der Waals surface area (Å²) in [6, 6.07) is 5.40. The van der Waals surface area contributed by atoms with Gasteiger partial charge in [0.25, 0.3) is 0 Å². The number of halogens is 2. The number of rotatable bonds is 4. The Balaban J connectivity index is 2.28. The molecule has 0 atom stereocenters. The molecule has 0 fully saturated rings. The van der Waals surface area contributed by atoms with E-state index in [9.17, 15) is 4.79 Å². The van der Waals surface area contributed by atoms with Gasteiger partial charge in [0.2, 0.25) is 0 Å². The number of hydrogen-bond donors (Lipinski definition) is 1. The van der Waals surface area contributed by atoms with E-state index in [0.717, 1.165) is 14.6 Å². The number of carbonyl (C=O) groups excluding carboxylic acids is 1. The molecule has 0 saturated carbocycles. The summed E-state index contributed by atoms with van der Waals surface area (Å²) in [5.41, 5.74) is 1.96. The van der Waals surface area contributed by atoms with Crippen molar-refractivity contribution in [1.82, 2.24) is 9.97 Å². The van der Waals surface area contributed by atoms with Gasteiger partial charge in [-0.2, -0.15) is 0 Å². The molecule has 2 rings (SSSR count). The van der Waals surface area contributed by atoms with Gasteiger partial charge in [-0.1, -0.05) is 15.9 Å². The molecular formula is C14H13Br2N3O2. The Morgan fingerprint density at radius 3 is 2.81 bits per heavy atom. The second-order valence-corrected chi connectivity index (χ2v) is 6.02. The van der Waals surface area contributed by atoms with Gasteiger partial charge >= 0.3 is 5.97 Å². The smallest absolute Gasteiger partial charge is 0.340 e. The van der Waals surface area contributed by atoms with Gasteiger partial charge in [-0.15, -0.1) is 0 Å². The van der Waals surface area contributed by atoms with Crippen LogP contribution in [0.25, 0.3) is 0 Å². The fraction of sp³-hybridized carbons (Fsp3) is 0.214. The number of aromatic nitrogens is 2. The third-order valence-corrected chi connectivity index (χ3v) is 3.82. The van der Waals surface area contributed by atoms with Gasteiger partial charge in [-0.25, -0.2) is 14.8 Å². The molecular weight excluding hydrogens is 402 g/mol. The van der Waals surface area contributed by atoms with Crippen LogP contribution in [0.4, 0.5) is 5.69 Å². The molecule has 2 aromatic rings. The molecule has 0 spiro atoms. The molecule has 0 unspecified atom stereocenters. The first-order valence-electron chi connectivity index (χ1n) is 6.11. The van der Waals surface area contributed by atoms with Gasteiger partial charge in [0.1, 0.15) is 5.82 Å². The molecule has 0 aliphatic rings. The summed E-state index contributed by atoms with van der Waals surface area (Å²) in [6.45, 7) is 2.31. The van der Waals surface area contributed by atoms with Crippen LogP contribution in [0.1, 0.15) is 21.9 Å². The number of esters is 1. The monoisotopic (exact) mass is 413 g/mol. The summed E-state index contributed by atoms with van der Waals surface area (Å²) in [4.78, 5) is 20.2. The lowest BCUT2D eigenvalue weighted by Crippen LogP contribution is -2.10. The molecule has 0 amide bonds. The summed E-state index contributed by atoms with van der Waals surface area (Å²) in [6.07, 6.45) is 1.71. The molecule has 0 aliphatic carbocycles. The summed E-state index contributed by atoms with van der Waals surface area (Å²) < 4.78 is 6.37. The summed E-state index contributed by atoms with van der Waals surface area (Å²) in [7, 11) is 1.36. The van der Waals surface area contributed by atoms with Gasteiger partial charge < -0.3 is 10.1 Å². The Kier molecular flexibility index (Phi) is 5.30. The zero-order chi connectivity index (χ0) is 15.4. The van der Waals surface area contributed by atoms with Crippen molar-refractivity contribution in [2.75, 3.05) is 12.4 Å². The van der Waals surface area contributed by atoms with E-state index in [2.05, 4.69) is 47.1 Å². The van der Waals surface area contributed by atoms with Crippen LogP contribution in [0.2, 0.25) is 0 Å². The molecule has 110 valence electrons. The highest BCUT2D eigenvalue weighted by Crippen LogP contribution is 2.31. The predicted octanol–water partition coefficient (Wildman–Crippen LogP) is 3.71. The van der Waals surface area contributed by atoms with E-state index in [1.165, 1.54) is 7.11 Å². The average Bonchev–Trinajstić information content (AvgIpc) is 2.45. The Morgan fingerprint density at radius 1 is 1.38 bits per heavy atom. The zero-order valence-corrected chi connectivity index (χ0v) is 14.7. The Bertz CT molecular complexity index is 677. The van der Waals surface area contributed by atoms with Crippen LogP contribution < -0.4 is 5.32 Å². The predicted molar refractivity (Wildman–Crippen MR) is 87.3 cm³/mol. The molecule has 1 aromatic heterocycles. The normalized spacial score (nSPS) is 10.3. The van der Waals surface area contributed by atoms with Crippen LogP contribution in [0, 0.1) is 6.92 Å². The van der Waals surface area contributed by atoms with Crippen LogP contribution in [0.3, 0.4) is 0 Å². The molecule has 0 aliphatic heterocycles. The second-order valence-electron chi connectivity index (χ2n) is 4.25. The van der Waals surface area contributed by atoms with Crippen molar-refractivity contribution in [3.05, 3.63) is 50.4 Å². The number of benzene rings is 1. The van der Waals surface area contributed by atoms with E-state index in [1.807, 2.05) is 19.1 Å². The first-order valence-corrected chi connectivity index (χ1v) is 7.69.